The first kappa shape index (κ1) is 19.3. The number of rotatable bonds is 1. The van der Waals surface area contributed by atoms with Gasteiger partial charge < -0.3 is 4.40 Å². The van der Waals surface area contributed by atoms with Gasteiger partial charge in [0.2, 0.25) is 0 Å². The fraction of sp³-hybridized carbons (Fsp3) is 0. The van der Waals surface area contributed by atoms with Gasteiger partial charge in [-0.25, -0.2) is 0 Å². The monoisotopic (exact) mass is 467 g/mol. The molecule has 7 aromatic carbocycles. The molecule has 1 heteroatoms. The average molecular weight is 468 g/mol. The fourth-order valence-electron chi connectivity index (χ4n) is 6.62. The molecule has 0 aliphatic carbocycles. The molecule has 0 unspecified atom stereocenters. The van der Waals surface area contributed by atoms with Crippen LogP contribution in [0.15, 0.2) is 127 Å². The Labute approximate surface area is 213 Å². The van der Waals surface area contributed by atoms with Crippen LogP contribution in [-0.4, -0.2) is 4.40 Å². The van der Waals surface area contributed by atoms with Crippen LogP contribution in [0.25, 0.3) is 81.5 Å². The number of benzene rings is 7. The lowest BCUT2D eigenvalue weighted by molar-refractivity contribution is 1.37. The van der Waals surface area contributed by atoms with Gasteiger partial charge in [0.15, 0.2) is 0 Å². The van der Waals surface area contributed by atoms with E-state index in [0.29, 0.717) is 0 Å². The first-order valence-corrected chi connectivity index (χ1v) is 12.9. The van der Waals surface area contributed by atoms with Gasteiger partial charge in [0.1, 0.15) is 0 Å². The molecule has 9 aromatic rings. The zero-order valence-corrected chi connectivity index (χ0v) is 20.1. The van der Waals surface area contributed by atoms with E-state index in [-0.39, 0.29) is 0 Å². The Morgan fingerprint density at radius 3 is 1.89 bits per heavy atom. The van der Waals surface area contributed by atoms with Crippen molar-refractivity contribution in [3.05, 3.63) is 127 Å². The van der Waals surface area contributed by atoms with E-state index in [1.165, 1.54) is 81.5 Å². The summed E-state index contributed by atoms with van der Waals surface area (Å²) in [5, 5.41) is 13.1. The maximum Gasteiger partial charge on any atom is 0.0626 e. The molecule has 0 bridgehead atoms. The van der Waals surface area contributed by atoms with Crippen molar-refractivity contribution in [2.75, 3.05) is 0 Å². The highest BCUT2D eigenvalue weighted by atomic mass is 14.9. The van der Waals surface area contributed by atoms with Gasteiger partial charge in [-0.15, -0.1) is 0 Å². The average Bonchev–Trinajstić information content (AvgIpc) is 3.48. The number of aromatic nitrogens is 1. The molecular formula is C36H21N. The minimum Gasteiger partial charge on any atom is -0.308 e. The number of para-hydroxylation sites is 1. The van der Waals surface area contributed by atoms with Crippen LogP contribution in [0.3, 0.4) is 0 Å². The van der Waals surface area contributed by atoms with Gasteiger partial charge in [-0.2, -0.15) is 0 Å². The van der Waals surface area contributed by atoms with Crippen molar-refractivity contribution in [3.63, 3.8) is 0 Å². The second-order valence-corrected chi connectivity index (χ2v) is 10.2. The molecular weight excluding hydrogens is 446 g/mol. The van der Waals surface area contributed by atoms with E-state index in [4.69, 9.17) is 0 Å². The third kappa shape index (κ3) is 2.48. The highest BCUT2D eigenvalue weighted by Crippen LogP contribution is 2.44. The van der Waals surface area contributed by atoms with E-state index in [2.05, 4.69) is 132 Å². The van der Waals surface area contributed by atoms with Crippen molar-refractivity contribution in [3.8, 4) is 11.1 Å². The minimum absolute atomic E-state index is 1.25. The summed E-state index contributed by atoms with van der Waals surface area (Å²) in [7, 11) is 0. The Bertz CT molecular complexity index is 2350. The Kier molecular flexibility index (Phi) is 3.59. The molecule has 0 aliphatic rings. The maximum atomic E-state index is 2.47. The maximum absolute atomic E-state index is 2.47. The molecule has 0 saturated heterocycles. The molecule has 0 spiro atoms. The van der Waals surface area contributed by atoms with Crippen molar-refractivity contribution in [2.24, 2.45) is 0 Å². The number of nitrogens with zero attached hydrogens (tertiary/aromatic N) is 1. The lowest BCUT2D eigenvalue weighted by Crippen LogP contribution is -1.83. The van der Waals surface area contributed by atoms with Crippen LogP contribution in [-0.2, 0) is 0 Å². The zero-order valence-electron chi connectivity index (χ0n) is 20.1. The Hall–Kier alpha value is -4.88. The first-order valence-electron chi connectivity index (χ1n) is 12.9. The summed E-state index contributed by atoms with van der Waals surface area (Å²) in [6, 6.07) is 47.0. The minimum atomic E-state index is 1.25. The quantitative estimate of drug-likeness (QED) is 0.212. The van der Waals surface area contributed by atoms with Gasteiger partial charge >= 0.3 is 0 Å². The molecule has 0 aliphatic heterocycles. The fourth-order valence-corrected chi connectivity index (χ4v) is 6.62. The summed E-state index contributed by atoms with van der Waals surface area (Å²) < 4.78 is 2.47. The molecule has 1 nitrogen and oxygen atoms in total. The van der Waals surface area contributed by atoms with E-state index in [9.17, 15) is 0 Å². The summed E-state index contributed by atoms with van der Waals surface area (Å²) in [5.41, 5.74) is 6.39. The van der Waals surface area contributed by atoms with Crippen LogP contribution in [0.2, 0.25) is 0 Å². The van der Waals surface area contributed by atoms with Gasteiger partial charge in [-0.3, -0.25) is 0 Å². The van der Waals surface area contributed by atoms with Crippen LogP contribution in [0.5, 0.6) is 0 Å². The van der Waals surface area contributed by atoms with E-state index in [1.54, 1.807) is 0 Å². The lowest BCUT2D eigenvalue weighted by atomic mass is 9.95. The van der Waals surface area contributed by atoms with E-state index < -0.39 is 0 Å². The number of hydrogen-bond acceptors (Lipinski definition) is 0. The molecule has 2 heterocycles. The summed E-state index contributed by atoms with van der Waals surface area (Å²) in [5.74, 6) is 0. The van der Waals surface area contributed by atoms with Crippen molar-refractivity contribution in [1.29, 1.82) is 0 Å². The standard InChI is InChI=1S/C36H21N/c1-3-9-27-22(7-1)13-14-26-19-23(15-17-28(26)27)24-16-18-34-32(20-24)35-29-10-4-2-8-25(29)21-31-30-11-5-6-12-33(30)37(34)36(31)35/h1-21H. The summed E-state index contributed by atoms with van der Waals surface area (Å²) >= 11 is 0. The van der Waals surface area contributed by atoms with Crippen LogP contribution < -0.4 is 0 Å². The van der Waals surface area contributed by atoms with Gasteiger partial charge in [0, 0.05) is 21.5 Å². The smallest absolute Gasteiger partial charge is 0.0626 e. The number of hydrogen-bond donors (Lipinski definition) is 0. The van der Waals surface area contributed by atoms with Crippen molar-refractivity contribution < 1.29 is 0 Å². The second kappa shape index (κ2) is 6.87. The molecule has 2 aromatic heterocycles. The Balaban J connectivity index is 1.38. The highest BCUT2D eigenvalue weighted by molar-refractivity contribution is 6.31. The largest absolute Gasteiger partial charge is 0.308 e. The molecule has 0 fully saturated rings. The lowest BCUT2D eigenvalue weighted by Gasteiger charge is -2.08. The Morgan fingerprint density at radius 1 is 0.351 bits per heavy atom. The topological polar surface area (TPSA) is 4.41 Å². The summed E-state index contributed by atoms with van der Waals surface area (Å²) in [6.07, 6.45) is 0. The second-order valence-electron chi connectivity index (χ2n) is 10.2. The highest BCUT2D eigenvalue weighted by Gasteiger charge is 2.20. The van der Waals surface area contributed by atoms with Crippen LogP contribution in [0.1, 0.15) is 0 Å². The molecule has 0 radical (unpaired) electrons. The molecule has 0 N–H and O–H groups in total. The van der Waals surface area contributed by atoms with Crippen LogP contribution in [0.4, 0.5) is 0 Å². The molecule has 170 valence electrons. The third-order valence-electron chi connectivity index (χ3n) is 8.27. The summed E-state index contributed by atoms with van der Waals surface area (Å²) in [4.78, 5) is 0. The van der Waals surface area contributed by atoms with E-state index in [1.807, 2.05) is 0 Å². The zero-order chi connectivity index (χ0) is 24.1. The third-order valence-corrected chi connectivity index (χ3v) is 8.27. The SMILES string of the molecule is c1ccc2c(c1)ccc1cc(-c3ccc4c(c3)c3c5ccccc5cc5c6ccccc6n4c53)ccc12. The molecule has 0 atom stereocenters. The van der Waals surface area contributed by atoms with Gasteiger partial charge in [0.05, 0.1) is 16.6 Å². The molecule has 37 heavy (non-hydrogen) atoms. The van der Waals surface area contributed by atoms with Gasteiger partial charge in [-0.1, -0.05) is 97.1 Å². The number of fused-ring (bicyclic) bond motifs is 11. The van der Waals surface area contributed by atoms with Gasteiger partial charge in [-0.05, 0) is 73.8 Å². The first-order chi connectivity index (χ1) is 18.3. The van der Waals surface area contributed by atoms with Crippen molar-refractivity contribution in [2.45, 2.75) is 0 Å². The summed E-state index contributed by atoms with van der Waals surface area (Å²) in [6.45, 7) is 0. The predicted octanol–water partition coefficient (Wildman–Crippen LogP) is 9.96. The molecule has 0 saturated carbocycles. The predicted molar refractivity (Wildman–Crippen MR) is 159 cm³/mol. The molecule has 9 rings (SSSR count). The van der Waals surface area contributed by atoms with Crippen LogP contribution >= 0.6 is 0 Å². The van der Waals surface area contributed by atoms with Crippen molar-refractivity contribution in [1.82, 2.24) is 4.40 Å². The van der Waals surface area contributed by atoms with E-state index >= 15 is 0 Å². The van der Waals surface area contributed by atoms with Gasteiger partial charge in [0.25, 0.3) is 0 Å². The van der Waals surface area contributed by atoms with Crippen LogP contribution in [0, 0.1) is 0 Å². The normalized spacial score (nSPS) is 12.3. The molecule has 0 amide bonds. The van der Waals surface area contributed by atoms with E-state index in [0.717, 1.165) is 0 Å². The van der Waals surface area contributed by atoms with Crippen molar-refractivity contribution >= 4 is 70.4 Å². The Morgan fingerprint density at radius 2 is 0.973 bits per heavy atom.